The maximum atomic E-state index is 11.5. The van der Waals surface area contributed by atoms with Gasteiger partial charge in [0, 0.05) is 0 Å². The minimum atomic E-state index is -1.18. The van der Waals surface area contributed by atoms with Crippen LogP contribution in [0.4, 0.5) is 0 Å². The predicted molar refractivity (Wildman–Crippen MR) is 67.0 cm³/mol. The summed E-state index contributed by atoms with van der Waals surface area (Å²) in [5.41, 5.74) is 5.51. The number of hydrogen-bond donors (Lipinski definition) is 4. The van der Waals surface area contributed by atoms with E-state index in [4.69, 9.17) is 10.8 Å². The van der Waals surface area contributed by atoms with Crippen LogP contribution in [0.1, 0.15) is 11.6 Å². The van der Waals surface area contributed by atoms with E-state index in [1.807, 2.05) is 0 Å². The van der Waals surface area contributed by atoms with Gasteiger partial charge in [0.15, 0.2) is 6.04 Å². The summed E-state index contributed by atoms with van der Waals surface area (Å²) < 4.78 is 0. The second kappa shape index (κ2) is 7.12. The van der Waals surface area contributed by atoms with Crippen molar-refractivity contribution in [1.82, 2.24) is 10.6 Å². The van der Waals surface area contributed by atoms with Crippen LogP contribution in [0.5, 0.6) is 0 Å². The minimum absolute atomic E-state index is 0.228. The summed E-state index contributed by atoms with van der Waals surface area (Å²) in [5.74, 6) is -2.26. The molecule has 0 aliphatic rings. The fourth-order valence-electron chi connectivity index (χ4n) is 1.40. The second-order valence-electron chi connectivity index (χ2n) is 3.73. The summed E-state index contributed by atoms with van der Waals surface area (Å²) in [5, 5.41) is 13.7. The number of rotatable bonds is 6. The molecule has 0 spiro atoms. The molecular formula is C12H15N3O4. The Morgan fingerprint density at radius 1 is 1.16 bits per heavy atom. The van der Waals surface area contributed by atoms with Gasteiger partial charge < -0.3 is 21.5 Å². The van der Waals surface area contributed by atoms with Crippen LogP contribution in [0.3, 0.4) is 0 Å². The Labute approximate surface area is 109 Å². The fourth-order valence-corrected chi connectivity index (χ4v) is 1.40. The molecule has 1 aromatic carbocycles. The van der Waals surface area contributed by atoms with E-state index >= 15 is 0 Å². The maximum Gasteiger partial charge on any atom is 0.330 e. The Hall–Kier alpha value is -2.41. The summed E-state index contributed by atoms with van der Waals surface area (Å²) in [6.07, 6.45) is 0. The highest BCUT2D eigenvalue weighted by Crippen LogP contribution is 2.12. The van der Waals surface area contributed by atoms with Crippen molar-refractivity contribution in [2.45, 2.75) is 6.04 Å². The Kier molecular flexibility index (Phi) is 5.49. The standard InChI is InChI=1S/C12H15N3O4/c13-6-9(16)14-7-10(17)15-11(12(18)19)8-4-2-1-3-5-8/h1-5,11H,6-7,13H2,(H,14,16)(H,15,17)(H,18,19). The smallest absolute Gasteiger partial charge is 0.330 e. The zero-order valence-electron chi connectivity index (χ0n) is 10.1. The second-order valence-corrected chi connectivity index (χ2v) is 3.73. The van der Waals surface area contributed by atoms with Crippen LogP contribution in [0.25, 0.3) is 0 Å². The molecule has 19 heavy (non-hydrogen) atoms. The molecule has 1 rings (SSSR count). The highest BCUT2D eigenvalue weighted by molar-refractivity contribution is 5.88. The maximum absolute atomic E-state index is 11.5. The number of carboxylic acids is 1. The molecule has 0 radical (unpaired) electrons. The molecule has 2 amide bonds. The molecule has 0 saturated carbocycles. The summed E-state index contributed by atoms with van der Waals surface area (Å²) in [6.45, 7) is -0.541. The summed E-state index contributed by atoms with van der Waals surface area (Å²) in [4.78, 5) is 33.5. The van der Waals surface area contributed by atoms with Gasteiger partial charge >= 0.3 is 5.97 Å². The number of carboxylic acid groups (broad SMARTS) is 1. The van der Waals surface area contributed by atoms with E-state index < -0.39 is 23.8 Å². The molecular weight excluding hydrogens is 250 g/mol. The van der Waals surface area contributed by atoms with Gasteiger partial charge in [0.05, 0.1) is 13.1 Å². The topological polar surface area (TPSA) is 122 Å². The van der Waals surface area contributed by atoms with Gasteiger partial charge in [0.1, 0.15) is 0 Å². The van der Waals surface area contributed by atoms with E-state index in [2.05, 4.69) is 10.6 Å². The van der Waals surface area contributed by atoms with Crippen LogP contribution < -0.4 is 16.4 Å². The predicted octanol–water partition coefficient (Wildman–Crippen LogP) is -0.997. The lowest BCUT2D eigenvalue weighted by Gasteiger charge is -2.15. The number of aliphatic carboxylic acids is 1. The highest BCUT2D eigenvalue weighted by atomic mass is 16.4. The molecule has 102 valence electrons. The zero-order valence-corrected chi connectivity index (χ0v) is 10.1. The Bertz CT molecular complexity index is 461. The van der Waals surface area contributed by atoms with Crippen LogP contribution in [-0.2, 0) is 14.4 Å². The Morgan fingerprint density at radius 2 is 1.79 bits per heavy atom. The molecule has 0 bridgehead atoms. The van der Waals surface area contributed by atoms with Crippen LogP contribution in [0.15, 0.2) is 30.3 Å². The van der Waals surface area contributed by atoms with Crippen molar-refractivity contribution in [2.75, 3.05) is 13.1 Å². The molecule has 0 aliphatic carbocycles. The Balaban J connectivity index is 2.62. The summed E-state index contributed by atoms with van der Waals surface area (Å²) in [7, 11) is 0. The molecule has 7 nitrogen and oxygen atoms in total. The van der Waals surface area contributed by atoms with E-state index in [9.17, 15) is 14.4 Å². The van der Waals surface area contributed by atoms with Crippen LogP contribution in [0, 0.1) is 0 Å². The molecule has 7 heteroatoms. The number of carbonyl (C=O) groups is 3. The van der Waals surface area contributed by atoms with Crippen molar-refractivity contribution in [1.29, 1.82) is 0 Å². The van der Waals surface area contributed by atoms with Crippen LogP contribution in [-0.4, -0.2) is 36.0 Å². The van der Waals surface area contributed by atoms with Gasteiger partial charge in [-0.15, -0.1) is 0 Å². The van der Waals surface area contributed by atoms with Crippen LogP contribution >= 0.6 is 0 Å². The first kappa shape index (κ1) is 14.7. The van der Waals surface area contributed by atoms with Gasteiger partial charge in [-0.2, -0.15) is 0 Å². The van der Waals surface area contributed by atoms with Crippen molar-refractivity contribution in [3.05, 3.63) is 35.9 Å². The van der Waals surface area contributed by atoms with Gasteiger partial charge in [0.25, 0.3) is 0 Å². The monoisotopic (exact) mass is 265 g/mol. The molecule has 1 aromatic rings. The lowest BCUT2D eigenvalue weighted by Crippen LogP contribution is -2.42. The van der Waals surface area contributed by atoms with Gasteiger partial charge in [-0.3, -0.25) is 9.59 Å². The molecule has 0 aromatic heterocycles. The number of nitrogens with two attached hydrogens (primary N) is 1. The Morgan fingerprint density at radius 3 is 2.32 bits per heavy atom. The number of nitrogens with one attached hydrogen (secondary N) is 2. The first-order valence-corrected chi connectivity index (χ1v) is 5.58. The number of hydrogen-bond acceptors (Lipinski definition) is 4. The summed E-state index contributed by atoms with van der Waals surface area (Å²) >= 11 is 0. The van der Waals surface area contributed by atoms with Gasteiger partial charge in [-0.25, -0.2) is 4.79 Å². The zero-order chi connectivity index (χ0) is 14.3. The van der Waals surface area contributed by atoms with Gasteiger partial charge in [-0.05, 0) is 5.56 Å². The van der Waals surface area contributed by atoms with E-state index in [1.54, 1.807) is 30.3 Å². The molecule has 0 saturated heterocycles. The third kappa shape index (κ3) is 4.76. The molecule has 5 N–H and O–H groups in total. The van der Waals surface area contributed by atoms with E-state index in [0.29, 0.717) is 5.56 Å². The lowest BCUT2D eigenvalue weighted by molar-refractivity contribution is -0.141. The van der Waals surface area contributed by atoms with Gasteiger partial charge in [-0.1, -0.05) is 30.3 Å². The van der Waals surface area contributed by atoms with Crippen LogP contribution in [0.2, 0.25) is 0 Å². The third-order valence-electron chi connectivity index (χ3n) is 2.32. The SMILES string of the molecule is NCC(=O)NCC(=O)NC(C(=O)O)c1ccccc1. The van der Waals surface area contributed by atoms with Crippen molar-refractivity contribution in [3.8, 4) is 0 Å². The normalized spacial score (nSPS) is 11.4. The third-order valence-corrected chi connectivity index (χ3v) is 2.32. The quantitative estimate of drug-likeness (QED) is 0.526. The van der Waals surface area contributed by atoms with Gasteiger partial charge in [0.2, 0.25) is 11.8 Å². The molecule has 1 atom stereocenters. The van der Waals surface area contributed by atoms with E-state index in [0.717, 1.165) is 0 Å². The molecule has 0 aliphatic heterocycles. The first-order valence-electron chi connectivity index (χ1n) is 5.58. The van der Waals surface area contributed by atoms with Crippen molar-refractivity contribution in [3.63, 3.8) is 0 Å². The number of carbonyl (C=O) groups excluding carboxylic acids is 2. The fraction of sp³-hybridized carbons (Fsp3) is 0.250. The van der Waals surface area contributed by atoms with Crippen molar-refractivity contribution >= 4 is 17.8 Å². The highest BCUT2D eigenvalue weighted by Gasteiger charge is 2.21. The number of amides is 2. The van der Waals surface area contributed by atoms with Crippen molar-refractivity contribution in [2.24, 2.45) is 5.73 Å². The first-order chi connectivity index (χ1) is 9.04. The average molecular weight is 265 g/mol. The van der Waals surface area contributed by atoms with E-state index in [-0.39, 0.29) is 13.1 Å². The van der Waals surface area contributed by atoms with Crippen molar-refractivity contribution < 1.29 is 19.5 Å². The van der Waals surface area contributed by atoms with E-state index in [1.165, 1.54) is 0 Å². The molecule has 1 unspecified atom stereocenters. The average Bonchev–Trinajstić information content (AvgIpc) is 2.42. The minimum Gasteiger partial charge on any atom is -0.479 e. The summed E-state index contributed by atoms with van der Waals surface area (Å²) in [6, 6.07) is 7.13. The lowest BCUT2D eigenvalue weighted by atomic mass is 10.1. The molecule has 0 heterocycles. The number of benzene rings is 1. The largest absolute Gasteiger partial charge is 0.479 e. The molecule has 0 fully saturated rings.